The van der Waals surface area contributed by atoms with Gasteiger partial charge in [-0.2, -0.15) is 0 Å². The quantitative estimate of drug-likeness (QED) is 0.728. The molecule has 0 aliphatic heterocycles. The molecular formula is C12H12N6. The third kappa shape index (κ3) is 2.00. The number of fused-ring (bicyclic) bond motifs is 1. The van der Waals surface area contributed by atoms with Gasteiger partial charge in [0.25, 0.3) is 0 Å². The van der Waals surface area contributed by atoms with Crippen LogP contribution in [0.25, 0.3) is 11.2 Å². The van der Waals surface area contributed by atoms with Crippen LogP contribution < -0.4 is 5.32 Å². The molecule has 18 heavy (non-hydrogen) atoms. The highest BCUT2D eigenvalue weighted by Gasteiger charge is 2.04. The van der Waals surface area contributed by atoms with Crippen LogP contribution in [0.4, 0.5) is 5.82 Å². The third-order valence-corrected chi connectivity index (χ3v) is 2.66. The molecule has 6 heteroatoms. The minimum absolute atomic E-state index is 0.662. The summed E-state index contributed by atoms with van der Waals surface area (Å²) in [5.74, 6) is 0.748. The van der Waals surface area contributed by atoms with Gasteiger partial charge in [0.1, 0.15) is 11.8 Å². The van der Waals surface area contributed by atoms with Gasteiger partial charge in [0.15, 0.2) is 11.5 Å². The number of rotatable bonds is 3. The number of aryl methyl sites for hydroxylation is 1. The Morgan fingerprint density at radius 2 is 2.11 bits per heavy atom. The molecule has 0 bridgehead atoms. The lowest BCUT2D eigenvalue weighted by atomic mass is 10.2. The summed E-state index contributed by atoms with van der Waals surface area (Å²) in [4.78, 5) is 19.6. The molecule has 90 valence electrons. The first-order chi connectivity index (χ1) is 8.83. The third-order valence-electron chi connectivity index (χ3n) is 2.66. The van der Waals surface area contributed by atoms with Crippen LogP contribution in [0.2, 0.25) is 0 Å². The van der Waals surface area contributed by atoms with E-state index >= 15 is 0 Å². The summed E-state index contributed by atoms with van der Waals surface area (Å²) >= 11 is 0. The smallest absolute Gasteiger partial charge is 0.182 e. The van der Waals surface area contributed by atoms with Crippen LogP contribution >= 0.6 is 0 Å². The molecule has 3 aromatic heterocycles. The van der Waals surface area contributed by atoms with Crippen molar-refractivity contribution in [3.05, 3.63) is 42.2 Å². The molecule has 3 aromatic rings. The Balaban J connectivity index is 1.80. The standard InChI is InChI=1S/C12H12N6/c1-8-2-3-9(4-13-8)5-14-11-10-12(16-6-15-10)18-7-17-11/h2-4,6-7H,5H2,1H3,(H2,14,15,16,17,18). The van der Waals surface area contributed by atoms with Crippen LogP contribution in [-0.4, -0.2) is 24.9 Å². The van der Waals surface area contributed by atoms with Gasteiger partial charge in [-0.15, -0.1) is 0 Å². The van der Waals surface area contributed by atoms with Crippen LogP contribution in [0.3, 0.4) is 0 Å². The van der Waals surface area contributed by atoms with E-state index in [9.17, 15) is 0 Å². The highest BCUT2D eigenvalue weighted by Crippen LogP contribution is 2.15. The number of pyridine rings is 1. The SMILES string of the molecule is Cc1ccc(CNc2ncnc3nc[nH]c23)cn1. The first-order valence-corrected chi connectivity index (χ1v) is 5.62. The Morgan fingerprint density at radius 1 is 1.17 bits per heavy atom. The average molecular weight is 240 g/mol. The van der Waals surface area contributed by atoms with E-state index in [2.05, 4.69) is 30.2 Å². The molecule has 0 fully saturated rings. The molecule has 0 saturated carbocycles. The summed E-state index contributed by atoms with van der Waals surface area (Å²) in [6.07, 6.45) is 4.96. The van der Waals surface area contributed by atoms with Gasteiger partial charge >= 0.3 is 0 Å². The van der Waals surface area contributed by atoms with Gasteiger partial charge in [-0.3, -0.25) is 4.98 Å². The van der Waals surface area contributed by atoms with Gasteiger partial charge in [-0.05, 0) is 18.6 Å². The van der Waals surface area contributed by atoms with Crippen LogP contribution in [0.15, 0.2) is 31.0 Å². The zero-order valence-corrected chi connectivity index (χ0v) is 9.88. The Labute approximate surface area is 104 Å². The van der Waals surface area contributed by atoms with Crippen molar-refractivity contribution >= 4 is 17.0 Å². The number of aromatic amines is 1. The monoisotopic (exact) mass is 240 g/mol. The molecule has 0 aliphatic rings. The fraction of sp³-hybridized carbons (Fsp3) is 0.167. The number of aromatic nitrogens is 5. The fourth-order valence-electron chi connectivity index (χ4n) is 1.69. The van der Waals surface area contributed by atoms with E-state index in [1.807, 2.05) is 25.3 Å². The number of imidazole rings is 1. The second-order valence-electron chi connectivity index (χ2n) is 3.98. The minimum atomic E-state index is 0.662. The van der Waals surface area contributed by atoms with Gasteiger partial charge in [0.2, 0.25) is 0 Å². The second kappa shape index (κ2) is 4.40. The molecule has 0 atom stereocenters. The molecule has 0 saturated heterocycles. The van der Waals surface area contributed by atoms with Crippen molar-refractivity contribution in [1.29, 1.82) is 0 Å². The van der Waals surface area contributed by atoms with E-state index in [4.69, 9.17) is 0 Å². The van der Waals surface area contributed by atoms with Crippen molar-refractivity contribution in [2.75, 3.05) is 5.32 Å². The minimum Gasteiger partial charge on any atom is -0.364 e. The second-order valence-corrected chi connectivity index (χ2v) is 3.98. The maximum absolute atomic E-state index is 4.25. The topological polar surface area (TPSA) is 79.4 Å². The summed E-state index contributed by atoms with van der Waals surface area (Å²) in [5.41, 5.74) is 3.59. The molecule has 3 rings (SSSR count). The Bertz CT molecular complexity index is 658. The summed E-state index contributed by atoms with van der Waals surface area (Å²) in [6, 6.07) is 4.03. The zero-order chi connectivity index (χ0) is 12.4. The summed E-state index contributed by atoms with van der Waals surface area (Å²) < 4.78 is 0. The Hall–Kier alpha value is -2.50. The molecule has 3 heterocycles. The normalized spacial score (nSPS) is 10.7. The predicted molar refractivity (Wildman–Crippen MR) is 68.0 cm³/mol. The predicted octanol–water partition coefficient (Wildman–Crippen LogP) is 1.67. The van der Waals surface area contributed by atoms with Crippen LogP contribution in [0.5, 0.6) is 0 Å². The lowest BCUT2D eigenvalue weighted by Gasteiger charge is -2.05. The van der Waals surface area contributed by atoms with E-state index in [0.717, 1.165) is 22.6 Å². The van der Waals surface area contributed by atoms with Crippen molar-refractivity contribution in [3.63, 3.8) is 0 Å². The van der Waals surface area contributed by atoms with E-state index in [-0.39, 0.29) is 0 Å². The van der Waals surface area contributed by atoms with Crippen LogP contribution in [-0.2, 0) is 6.54 Å². The van der Waals surface area contributed by atoms with Gasteiger partial charge in [0.05, 0.1) is 6.33 Å². The Kier molecular flexibility index (Phi) is 2.60. The van der Waals surface area contributed by atoms with Crippen molar-refractivity contribution < 1.29 is 0 Å². The summed E-state index contributed by atoms with van der Waals surface area (Å²) in [5, 5.41) is 3.25. The number of nitrogens with zero attached hydrogens (tertiary/aromatic N) is 4. The van der Waals surface area contributed by atoms with Gasteiger partial charge in [-0.25, -0.2) is 15.0 Å². The molecule has 0 amide bonds. The first-order valence-electron chi connectivity index (χ1n) is 5.62. The largest absolute Gasteiger partial charge is 0.364 e. The summed E-state index contributed by atoms with van der Waals surface area (Å²) in [7, 11) is 0. The molecule has 0 aliphatic carbocycles. The lowest BCUT2D eigenvalue weighted by Crippen LogP contribution is -2.03. The molecule has 0 unspecified atom stereocenters. The molecule has 6 nitrogen and oxygen atoms in total. The molecule has 0 radical (unpaired) electrons. The highest BCUT2D eigenvalue weighted by molar-refractivity contribution is 5.81. The van der Waals surface area contributed by atoms with E-state index in [1.54, 1.807) is 6.33 Å². The lowest BCUT2D eigenvalue weighted by molar-refractivity contribution is 1.06. The maximum atomic E-state index is 4.25. The fourth-order valence-corrected chi connectivity index (χ4v) is 1.69. The molecule has 2 N–H and O–H groups in total. The van der Waals surface area contributed by atoms with E-state index in [1.165, 1.54) is 6.33 Å². The molecular weight excluding hydrogens is 228 g/mol. The van der Waals surface area contributed by atoms with Gasteiger partial charge in [0, 0.05) is 18.4 Å². The molecule has 0 spiro atoms. The van der Waals surface area contributed by atoms with Crippen molar-refractivity contribution in [1.82, 2.24) is 24.9 Å². The van der Waals surface area contributed by atoms with Crippen molar-refractivity contribution in [2.45, 2.75) is 13.5 Å². The number of hydrogen-bond acceptors (Lipinski definition) is 5. The highest BCUT2D eigenvalue weighted by atomic mass is 15.1. The van der Waals surface area contributed by atoms with E-state index < -0.39 is 0 Å². The number of nitrogens with one attached hydrogen (secondary N) is 2. The van der Waals surface area contributed by atoms with Crippen molar-refractivity contribution in [2.24, 2.45) is 0 Å². The van der Waals surface area contributed by atoms with Gasteiger partial charge < -0.3 is 10.3 Å². The number of H-pyrrole nitrogens is 1. The Morgan fingerprint density at radius 3 is 2.94 bits per heavy atom. The van der Waals surface area contributed by atoms with Crippen molar-refractivity contribution in [3.8, 4) is 0 Å². The summed E-state index contributed by atoms with van der Waals surface area (Å²) in [6.45, 7) is 2.63. The average Bonchev–Trinajstić information content (AvgIpc) is 2.87. The zero-order valence-electron chi connectivity index (χ0n) is 9.88. The maximum Gasteiger partial charge on any atom is 0.182 e. The van der Waals surface area contributed by atoms with Crippen LogP contribution in [0, 0.1) is 6.92 Å². The van der Waals surface area contributed by atoms with Gasteiger partial charge in [-0.1, -0.05) is 6.07 Å². The van der Waals surface area contributed by atoms with E-state index in [0.29, 0.717) is 12.2 Å². The first kappa shape index (κ1) is 10.6. The number of hydrogen-bond donors (Lipinski definition) is 2. The molecule has 0 aromatic carbocycles. The van der Waals surface area contributed by atoms with Crippen LogP contribution in [0.1, 0.15) is 11.3 Å². The number of anilines is 1.